The van der Waals surface area contributed by atoms with Crippen LogP contribution in [-0.2, 0) is 19.5 Å². The van der Waals surface area contributed by atoms with Gasteiger partial charge in [-0.1, -0.05) is 32.0 Å². The van der Waals surface area contributed by atoms with E-state index in [0.29, 0.717) is 0 Å². The van der Waals surface area contributed by atoms with Gasteiger partial charge in [-0.05, 0) is 12.6 Å². The Morgan fingerprint density at radius 3 is 2.90 bits per heavy atom. The van der Waals surface area contributed by atoms with E-state index in [4.69, 9.17) is 4.42 Å². The quantitative estimate of drug-likeness (QED) is 0.754. The summed E-state index contributed by atoms with van der Waals surface area (Å²) in [7, 11) is 0. The summed E-state index contributed by atoms with van der Waals surface area (Å²) in [5, 5.41) is 4.55. The first-order chi connectivity index (χ1) is 10.3. The van der Waals surface area contributed by atoms with Crippen LogP contribution in [0.25, 0.3) is 11.0 Å². The van der Waals surface area contributed by atoms with Gasteiger partial charge in [-0.15, -0.1) is 0 Å². The molecule has 1 aromatic carbocycles. The number of furan rings is 1. The highest BCUT2D eigenvalue weighted by molar-refractivity contribution is 5.82. The lowest BCUT2D eigenvalue weighted by atomic mass is 10.1. The van der Waals surface area contributed by atoms with E-state index >= 15 is 0 Å². The highest BCUT2D eigenvalue weighted by atomic mass is 16.3. The van der Waals surface area contributed by atoms with Crippen molar-refractivity contribution in [1.82, 2.24) is 14.9 Å². The Kier molecular flexibility index (Phi) is 4.06. The molecule has 0 aliphatic heterocycles. The molecule has 0 aliphatic rings. The Hall–Kier alpha value is -2.07. The average Bonchev–Trinajstić information content (AvgIpc) is 3.10. The number of hydrogen-bond donors (Lipinski definition) is 1. The molecule has 1 N–H and O–H groups in total. The van der Waals surface area contributed by atoms with Crippen LogP contribution in [0.2, 0.25) is 0 Å². The minimum Gasteiger partial charge on any atom is -0.459 e. The van der Waals surface area contributed by atoms with E-state index in [1.54, 1.807) is 0 Å². The standard InChI is InChI=1S/C17H21N3O/c1-3-17-19-9-10-20(17)12-14-13-7-5-6-8-15(13)21-16(14)11-18-4-2/h5-10,18H,3-4,11-12H2,1-2H3. The van der Waals surface area contributed by atoms with Crippen molar-refractivity contribution < 1.29 is 4.42 Å². The number of rotatable bonds is 6. The van der Waals surface area contributed by atoms with Crippen LogP contribution >= 0.6 is 0 Å². The zero-order valence-corrected chi connectivity index (χ0v) is 12.6. The summed E-state index contributed by atoms with van der Waals surface area (Å²) >= 11 is 0. The lowest BCUT2D eigenvalue weighted by Crippen LogP contribution is -2.13. The lowest BCUT2D eigenvalue weighted by molar-refractivity contribution is 0.510. The third-order valence-electron chi connectivity index (χ3n) is 3.76. The molecule has 4 heteroatoms. The van der Waals surface area contributed by atoms with Gasteiger partial charge < -0.3 is 14.3 Å². The highest BCUT2D eigenvalue weighted by Crippen LogP contribution is 2.27. The second-order valence-corrected chi connectivity index (χ2v) is 5.11. The van der Waals surface area contributed by atoms with Gasteiger partial charge in [-0.3, -0.25) is 0 Å². The molecule has 4 nitrogen and oxygen atoms in total. The smallest absolute Gasteiger partial charge is 0.134 e. The molecular weight excluding hydrogens is 262 g/mol. The third kappa shape index (κ3) is 2.72. The number of aryl methyl sites for hydroxylation is 1. The summed E-state index contributed by atoms with van der Waals surface area (Å²) in [6.07, 6.45) is 4.84. The fourth-order valence-corrected chi connectivity index (χ4v) is 2.67. The zero-order valence-electron chi connectivity index (χ0n) is 12.6. The number of fused-ring (bicyclic) bond motifs is 1. The van der Waals surface area contributed by atoms with Gasteiger partial charge in [0, 0.05) is 29.8 Å². The predicted molar refractivity (Wildman–Crippen MR) is 84.3 cm³/mol. The van der Waals surface area contributed by atoms with E-state index in [-0.39, 0.29) is 0 Å². The summed E-state index contributed by atoms with van der Waals surface area (Å²) < 4.78 is 8.23. The van der Waals surface area contributed by atoms with E-state index in [1.165, 1.54) is 10.9 Å². The van der Waals surface area contributed by atoms with Gasteiger partial charge in [0.05, 0.1) is 13.1 Å². The monoisotopic (exact) mass is 283 g/mol. The summed E-state index contributed by atoms with van der Waals surface area (Å²) in [5.74, 6) is 2.13. The number of benzene rings is 1. The first-order valence-corrected chi connectivity index (χ1v) is 7.53. The maximum Gasteiger partial charge on any atom is 0.134 e. The Morgan fingerprint density at radius 2 is 2.10 bits per heavy atom. The minimum absolute atomic E-state index is 0.761. The van der Waals surface area contributed by atoms with Crippen molar-refractivity contribution in [2.24, 2.45) is 0 Å². The SMILES string of the molecule is CCNCc1oc2ccccc2c1Cn1ccnc1CC. The largest absolute Gasteiger partial charge is 0.459 e. The van der Waals surface area contributed by atoms with Crippen LogP contribution in [0, 0.1) is 0 Å². The van der Waals surface area contributed by atoms with Crippen LogP contribution in [0.3, 0.4) is 0 Å². The molecular formula is C17H21N3O. The predicted octanol–water partition coefficient (Wildman–Crippen LogP) is 3.35. The second kappa shape index (κ2) is 6.14. The molecule has 2 aromatic heterocycles. The zero-order chi connectivity index (χ0) is 14.7. The van der Waals surface area contributed by atoms with Gasteiger partial charge in [0.25, 0.3) is 0 Å². The van der Waals surface area contributed by atoms with Crippen molar-refractivity contribution in [2.75, 3.05) is 6.54 Å². The average molecular weight is 283 g/mol. The van der Waals surface area contributed by atoms with Gasteiger partial charge in [0.15, 0.2) is 0 Å². The molecule has 0 radical (unpaired) electrons. The molecule has 0 saturated carbocycles. The fraction of sp³-hybridized carbons (Fsp3) is 0.353. The summed E-state index contributed by atoms with van der Waals surface area (Å²) in [6, 6.07) is 8.24. The maximum atomic E-state index is 6.03. The lowest BCUT2D eigenvalue weighted by Gasteiger charge is -2.08. The van der Waals surface area contributed by atoms with E-state index < -0.39 is 0 Å². The number of imidazole rings is 1. The van der Waals surface area contributed by atoms with Crippen molar-refractivity contribution in [3.63, 3.8) is 0 Å². The van der Waals surface area contributed by atoms with Crippen molar-refractivity contribution >= 4 is 11.0 Å². The number of para-hydroxylation sites is 1. The molecule has 0 fully saturated rings. The van der Waals surface area contributed by atoms with Gasteiger partial charge in [-0.25, -0.2) is 4.98 Å². The van der Waals surface area contributed by atoms with Gasteiger partial charge in [0.2, 0.25) is 0 Å². The first-order valence-electron chi connectivity index (χ1n) is 7.53. The van der Waals surface area contributed by atoms with E-state index in [1.807, 2.05) is 24.5 Å². The number of hydrogen-bond acceptors (Lipinski definition) is 3. The summed E-state index contributed by atoms with van der Waals surface area (Å²) in [6.45, 7) is 6.73. The van der Waals surface area contributed by atoms with Crippen molar-refractivity contribution in [3.8, 4) is 0 Å². The molecule has 3 aromatic rings. The minimum atomic E-state index is 0.761. The van der Waals surface area contributed by atoms with Crippen molar-refractivity contribution in [1.29, 1.82) is 0 Å². The first kappa shape index (κ1) is 13.9. The fourth-order valence-electron chi connectivity index (χ4n) is 2.67. The Labute approximate surface area is 124 Å². The van der Waals surface area contributed by atoms with Crippen LogP contribution in [0.1, 0.15) is 31.0 Å². The Morgan fingerprint density at radius 1 is 1.24 bits per heavy atom. The molecule has 2 heterocycles. The molecule has 110 valence electrons. The van der Waals surface area contributed by atoms with Gasteiger partial charge in [0.1, 0.15) is 17.2 Å². The van der Waals surface area contributed by atoms with Crippen LogP contribution < -0.4 is 5.32 Å². The van der Waals surface area contributed by atoms with Gasteiger partial charge in [-0.2, -0.15) is 0 Å². The summed E-state index contributed by atoms with van der Waals surface area (Å²) in [4.78, 5) is 4.40. The normalized spacial score (nSPS) is 11.3. The molecule has 3 rings (SSSR count). The Balaban J connectivity index is 2.02. The molecule has 0 aliphatic carbocycles. The van der Waals surface area contributed by atoms with Crippen molar-refractivity contribution in [3.05, 3.63) is 53.8 Å². The molecule has 0 spiro atoms. The molecule has 21 heavy (non-hydrogen) atoms. The highest BCUT2D eigenvalue weighted by Gasteiger charge is 2.14. The van der Waals surface area contributed by atoms with E-state index in [2.05, 4.69) is 40.8 Å². The maximum absolute atomic E-state index is 6.03. The molecule has 0 saturated heterocycles. The topological polar surface area (TPSA) is 43.0 Å². The van der Waals surface area contributed by atoms with Gasteiger partial charge >= 0.3 is 0 Å². The summed E-state index contributed by atoms with van der Waals surface area (Å²) in [5.41, 5.74) is 2.21. The van der Waals surface area contributed by atoms with Crippen LogP contribution in [-0.4, -0.2) is 16.1 Å². The van der Waals surface area contributed by atoms with Crippen molar-refractivity contribution in [2.45, 2.75) is 33.4 Å². The third-order valence-corrected chi connectivity index (χ3v) is 3.76. The number of aromatic nitrogens is 2. The van der Waals surface area contributed by atoms with Crippen LogP contribution in [0.15, 0.2) is 41.1 Å². The molecule has 0 bridgehead atoms. The molecule has 0 atom stereocenters. The Bertz CT molecular complexity index is 727. The van der Waals surface area contributed by atoms with E-state index in [0.717, 1.165) is 43.2 Å². The van der Waals surface area contributed by atoms with E-state index in [9.17, 15) is 0 Å². The van der Waals surface area contributed by atoms with Crippen LogP contribution in [0.5, 0.6) is 0 Å². The number of nitrogens with zero attached hydrogens (tertiary/aromatic N) is 2. The second-order valence-electron chi connectivity index (χ2n) is 5.11. The molecule has 0 unspecified atom stereocenters. The number of nitrogens with one attached hydrogen (secondary N) is 1. The van der Waals surface area contributed by atoms with Crippen LogP contribution in [0.4, 0.5) is 0 Å². The molecule has 0 amide bonds.